The number of benzene rings is 3. The van der Waals surface area contributed by atoms with Crippen LogP contribution in [0.3, 0.4) is 0 Å². The fourth-order valence-electron chi connectivity index (χ4n) is 2.50. The van der Waals surface area contributed by atoms with Gasteiger partial charge in [0.25, 0.3) is 5.91 Å². The summed E-state index contributed by atoms with van der Waals surface area (Å²) in [6.07, 6.45) is 0. The topological polar surface area (TPSA) is 56.8 Å². The van der Waals surface area contributed by atoms with Gasteiger partial charge in [-0.15, -0.1) is 0 Å². The molecule has 30 heavy (non-hydrogen) atoms. The summed E-state index contributed by atoms with van der Waals surface area (Å²) in [5, 5.41) is 3.54. The smallest absolute Gasteiger partial charge is 0.262 e. The lowest BCUT2D eigenvalue weighted by atomic mass is 10.3. The Balaban J connectivity index is 1.47. The van der Waals surface area contributed by atoms with Crippen LogP contribution in [0.15, 0.2) is 71.2 Å². The van der Waals surface area contributed by atoms with Gasteiger partial charge in [-0.25, -0.2) is 0 Å². The molecule has 0 aliphatic heterocycles. The first-order chi connectivity index (χ1) is 14.5. The molecule has 0 aliphatic rings. The van der Waals surface area contributed by atoms with Gasteiger partial charge in [0.2, 0.25) is 0 Å². The molecule has 5 nitrogen and oxygen atoms in total. The number of anilines is 1. The number of halogens is 3. The van der Waals surface area contributed by atoms with Gasteiger partial charge in [-0.3, -0.25) is 4.79 Å². The second-order valence-electron chi connectivity index (χ2n) is 6.07. The fraction of sp³-hybridized carbons (Fsp3) is 0.136. The van der Waals surface area contributed by atoms with E-state index in [0.717, 1.165) is 5.75 Å². The van der Waals surface area contributed by atoms with Crippen molar-refractivity contribution < 1.29 is 19.0 Å². The Labute approximate surface area is 193 Å². The number of hydrogen-bond donors (Lipinski definition) is 1. The van der Waals surface area contributed by atoms with Gasteiger partial charge in [0, 0.05) is 16.8 Å². The summed E-state index contributed by atoms with van der Waals surface area (Å²) in [6.45, 7) is 0.569. The van der Waals surface area contributed by atoms with Gasteiger partial charge in [-0.2, -0.15) is 0 Å². The highest BCUT2D eigenvalue weighted by molar-refractivity contribution is 9.10. The van der Waals surface area contributed by atoms with Crippen LogP contribution in [0.2, 0.25) is 10.0 Å². The molecule has 0 aliphatic carbocycles. The molecule has 0 heterocycles. The average Bonchev–Trinajstić information content (AvgIpc) is 2.71. The zero-order valence-electron chi connectivity index (χ0n) is 15.7. The van der Waals surface area contributed by atoms with Crippen LogP contribution in [-0.4, -0.2) is 25.7 Å². The van der Waals surface area contributed by atoms with E-state index in [2.05, 4.69) is 21.2 Å². The van der Waals surface area contributed by atoms with E-state index in [1.165, 1.54) is 0 Å². The highest BCUT2D eigenvalue weighted by atomic mass is 79.9. The van der Waals surface area contributed by atoms with Crippen molar-refractivity contribution in [2.24, 2.45) is 0 Å². The van der Waals surface area contributed by atoms with E-state index >= 15 is 0 Å². The predicted octanol–water partition coefficient (Wildman–Crippen LogP) is 6.23. The Morgan fingerprint density at radius 3 is 2.30 bits per heavy atom. The molecule has 0 spiro atoms. The van der Waals surface area contributed by atoms with E-state index in [9.17, 15) is 4.79 Å². The molecule has 8 heteroatoms. The van der Waals surface area contributed by atoms with Gasteiger partial charge in [0.05, 0.1) is 9.50 Å². The summed E-state index contributed by atoms with van der Waals surface area (Å²) in [4.78, 5) is 12.2. The van der Waals surface area contributed by atoms with Crippen molar-refractivity contribution in [1.29, 1.82) is 0 Å². The predicted molar refractivity (Wildman–Crippen MR) is 122 cm³/mol. The molecule has 0 atom stereocenters. The number of nitrogens with one attached hydrogen (secondary N) is 1. The third kappa shape index (κ3) is 6.83. The normalized spacial score (nSPS) is 10.4. The van der Waals surface area contributed by atoms with Crippen LogP contribution in [0.1, 0.15) is 0 Å². The Hall–Kier alpha value is -2.41. The van der Waals surface area contributed by atoms with Crippen LogP contribution in [0.4, 0.5) is 5.69 Å². The second-order valence-corrected chi connectivity index (χ2v) is 7.77. The molecule has 3 rings (SSSR count). The summed E-state index contributed by atoms with van der Waals surface area (Å²) in [7, 11) is 0. The van der Waals surface area contributed by atoms with Crippen LogP contribution in [0, 0.1) is 0 Å². The number of hydrogen-bond acceptors (Lipinski definition) is 4. The zero-order chi connectivity index (χ0) is 21.3. The molecular weight excluding hydrogens is 493 g/mol. The maximum absolute atomic E-state index is 12.2. The van der Waals surface area contributed by atoms with Gasteiger partial charge in [0.1, 0.15) is 24.7 Å². The highest BCUT2D eigenvalue weighted by Crippen LogP contribution is 2.36. The number of carbonyl (C=O) groups is 1. The summed E-state index contributed by atoms with van der Waals surface area (Å²) in [5.41, 5.74) is 0.589. The first-order valence-corrected chi connectivity index (χ1v) is 10.5. The minimum atomic E-state index is -0.336. The first-order valence-electron chi connectivity index (χ1n) is 8.99. The van der Waals surface area contributed by atoms with Gasteiger partial charge in [-0.05, 0) is 52.3 Å². The summed E-state index contributed by atoms with van der Waals surface area (Å²) >= 11 is 15.3. The van der Waals surface area contributed by atoms with Crippen LogP contribution in [0.25, 0.3) is 0 Å². The quantitative estimate of drug-likeness (QED) is 0.346. The van der Waals surface area contributed by atoms with Crippen molar-refractivity contribution in [1.82, 2.24) is 0 Å². The molecule has 0 unspecified atom stereocenters. The molecular formula is C22H18BrCl2NO4. The van der Waals surface area contributed by atoms with Crippen LogP contribution < -0.4 is 19.5 Å². The van der Waals surface area contributed by atoms with E-state index in [-0.39, 0.29) is 12.5 Å². The third-order valence-electron chi connectivity index (χ3n) is 3.79. The SMILES string of the molecule is O=C(COc1c(Cl)cc(Cl)cc1Br)Nc1cccc(OCCOc2ccccc2)c1. The Bertz CT molecular complexity index is 978. The minimum Gasteiger partial charge on any atom is -0.490 e. The second kappa shape index (κ2) is 11.1. The molecule has 0 radical (unpaired) electrons. The van der Waals surface area contributed by atoms with E-state index in [0.29, 0.717) is 44.9 Å². The minimum absolute atomic E-state index is 0.212. The Kier molecular flexibility index (Phi) is 8.25. The molecule has 0 saturated heterocycles. The highest BCUT2D eigenvalue weighted by Gasteiger charge is 2.11. The maximum atomic E-state index is 12.2. The van der Waals surface area contributed by atoms with Gasteiger partial charge in [-0.1, -0.05) is 47.5 Å². The molecule has 0 saturated carbocycles. The summed E-state index contributed by atoms with van der Waals surface area (Å²) in [5.74, 6) is 1.42. The van der Waals surface area contributed by atoms with Crippen molar-refractivity contribution in [3.05, 3.63) is 81.2 Å². The van der Waals surface area contributed by atoms with Crippen molar-refractivity contribution in [3.8, 4) is 17.2 Å². The van der Waals surface area contributed by atoms with Crippen molar-refractivity contribution >= 4 is 50.7 Å². The van der Waals surface area contributed by atoms with E-state index < -0.39 is 0 Å². The summed E-state index contributed by atoms with van der Waals surface area (Å²) in [6, 6.07) is 19.8. The number of carbonyl (C=O) groups excluding carboxylic acids is 1. The molecule has 0 aromatic heterocycles. The molecule has 0 bridgehead atoms. The Morgan fingerprint density at radius 1 is 0.867 bits per heavy atom. The van der Waals surface area contributed by atoms with Crippen LogP contribution in [-0.2, 0) is 4.79 Å². The fourth-order valence-corrected chi connectivity index (χ4v) is 3.87. The van der Waals surface area contributed by atoms with Crippen LogP contribution >= 0.6 is 39.1 Å². The van der Waals surface area contributed by atoms with Gasteiger partial charge >= 0.3 is 0 Å². The van der Waals surface area contributed by atoms with E-state index in [4.69, 9.17) is 37.4 Å². The standard InChI is InChI=1S/C22H18BrCl2NO4/c23-19-11-15(24)12-20(25)22(19)30-14-21(27)26-16-5-4-8-18(13-16)29-10-9-28-17-6-2-1-3-7-17/h1-8,11-13H,9-10,14H2,(H,26,27). The lowest BCUT2D eigenvalue weighted by Gasteiger charge is -2.12. The van der Waals surface area contributed by atoms with Crippen LogP contribution in [0.5, 0.6) is 17.2 Å². The number of amides is 1. The first kappa shape index (κ1) is 22.3. The van der Waals surface area contributed by atoms with Crippen molar-refractivity contribution in [2.45, 2.75) is 0 Å². The largest absolute Gasteiger partial charge is 0.490 e. The van der Waals surface area contributed by atoms with Gasteiger partial charge < -0.3 is 19.5 Å². The van der Waals surface area contributed by atoms with E-state index in [1.807, 2.05) is 30.3 Å². The van der Waals surface area contributed by atoms with Gasteiger partial charge in [0.15, 0.2) is 12.4 Å². The number of para-hydroxylation sites is 1. The van der Waals surface area contributed by atoms with E-state index in [1.54, 1.807) is 36.4 Å². The summed E-state index contributed by atoms with van der Waals surface area (Å²) < 4.78 is 17.3. The molecule has 0 fully saturated rings. The number of rotatable bonds is 9. The molecule has 3 aromatic carbocycles. The molecule has 1 amide bonds. The van der Waals surface area contributed by atoms with Crippen molar-refractivity contribution in [3.63, 3.8) is 0 Å². The Morgan fingerprint density at radius 2 is 1.57 bits per heavy atom. The lowest BCUT2D eigenvalue weighted by molar-refractivity contribution is -0.118. The maximum Gasteiger partial charge on any atom is 0.262 e. The zero-order valence-corrected chi connectivity index (χ0v) is 18.8. The average molecular weight is 511 g/mol. The van der Waals surface area contributed by atoms with Crippen molar-refractivity contribution in [2.75, 3.05) is 25.1 Å². The molecule has 156 valence electrons. The molecule has 3 aromatic rings. The lowest BCUT2D eigenvalue weighted by Crippen LogP contribution is -2.20. The number of ether oxygens (including phenoxy) is 3. The molecule has 1 N–H and O–H groups in total. The monoisotopic (exact) mass is 509 g/mol. The third-order valence-corrected chi connectivity index (χ3v) is 4.88.